The fourth-order valence-corrected chi connectivity index (χ4v) is 4.89. The fraction of sp³-hybridized carbons (Fsp3) is 0.185. The van der Waals surface area contributed by atoms with Crippen LogP contribution in [0.25, 0.3) is 16.9 Å². The Labute approximate surface area is 207 Å². The third kappa shape index (κ3) is 4.31. The first-order valence-electron chi connectivity index (χ1n) is 11.3. The van der Waals surface area contributed by atoms with Crippen molar-refractivity contribution >= 4 is 23.5 Å². The van der Waals surface area contributed by atoms with Crippen LogP contribution in [0.2, 0.25) is 5.02 Å². The summed E-state index contributed by atoms with van der Waals surface area (Å²) in [5.74, 6) is -1.36. The van der Waals surface area contributed by atoms with Crippen molar-refractivity contribution in [2.75, 3.05) is 0 Å². The summed E-state index contributed by atoms with van der Waals surface area (Å²) < 4.78 is 1.71. The van der Waals surface area contributed by atoms with Crippen molar-refractivity contribution in [3.63, 3.8) is 0 Å². The second-order valence-corrected chi connectivity index (χ2v) is 9.03. The van der Waals surface area contributed by atoms with E-state index in [1.54, 1.807) is 41.2 Å². The molecule has 0 aliphatic carbocycles. The minimum Gasteiger partial charge on any atom is -0.480 e. The molecule has 8 heteroatoms. The largest absolute Gasteiger partial charge is 0.480 e. The zero-order chi connectivity index (χ0) is 24.5. The molecule has 2 heterocycles. The number of aryl methyl sites for hydroxylation is 1. The topological polar surface area (TPSA) is 88.3 Å². The first-order chi connectivity index (χ1) is 16.9. The normalized spacial score (nSPS) is 17.5. The first kappa shape index (κ1) is 22.8. The van der Waals surface area contributed by atoms with Crippen LogP contribution in [0, 0.1) is 6.92 Å². The van der Waals surface area contributed by atoms with E-state index >= 15 is 0 Å². The highest BCUT2D eigenvalue weighted by Crippen LogP contribution is 2.40. The van der Waals surface area contributed by atoms with Crippen LogP contribution in [0.4, 0.5) is 0 Å². The number of rotatable bonds is 5. The number of aromatic nitrogens is 3. The van der Waals surface area contributed by atoms with E-state index in [2.05, 4.69) is 10.3 Å². The molecule has 0 bridgehead atoms. The molecule has 2 atom stereocenters. The number of hydrogen-bond donors (Lipinski definition) is 1. The van der Waals surface area contributed by atoms with Gasteiger partial charge in [0.15, 0.2) is 0 Å². The van der Waals surface area contributed by atoms with Gasteiger partial charge in [0.05, 0.1) is 23.6 Å². The van der Waals surface area contributed by atoms with Gasteiger partial charge in [-0.2, -0.15) is 0 Å². The lowest BCUT2D eigenvalue weighted by Gasteiger charge is -2.29. The highest BCUT2D eigenvalue weighted by Gasteiger charge is 2.42. The molecule has 176 valence electrons. The van der Waals surface area contributed by atoms with Crippen LogP contribution in [0.3, 0.4) is 0 Å². The van der Waals surface area contributed by atoms with Crippen LogP contribution in [0.1, 0.15) is 40.4 Å². The monoisotopic (exact) mass is 486 g/mol. The summed E-state index contributed by atoms with van der Waals surface area (Å²) in [6, 6.07) is 21.0. The maximum absolute atomic E-state index is 13.6. The summed E-state index contributed by atoms with van der Waals surface area (Å²) in [7, 11) is 0. The Morgan fingerprint density at radius 2 is 1.69 bits per heavy atom. The van der Waals surface area contributed by atoms with Gasteiger partial charge in [-0.25, -0.2) is 9.48 Å². The quantitative estimate of drug-likeness (QED) is 0.412. The van der Waals surface area contributed by atoms with E-state index < -0.39 is 18.1 Å². The van der Waals surface area contributed by atoms with Gasteiger partial charge in [-0.05, 0) is 55.7 Å². The van der Waals surface area contributed by atoms with Crippen molar-refractivity contribution < 1.29 is 14.7 Å². The number of aliphatic carboxylic acids is 1. The lowest BCUT2D eigenvalue weighted by Crippen LogP contribution is -2.41. The molecule has 35 heavy (non-hydrogen) atoms. The molecule has 5 rings (SSSR count). The van der Waals surface area contributed by atoms with Crippen LogP contribution in [0.5, 0.6) is 0 Å². The maximum Gasteiger partial charge on any atom is 0.326 e. The second kappa shape index (κ2) is 9.35. The molecule has 7 nitrogen and oxygen atoms in total. The molecule has 1 saturated heterocycles. The minimum atomic E-state index is -1.02. The van der Waals surface area contributed by atoms with Crippen LogP contribution in [0.15, 0.2) is 79.0 Å². The number of carboxylic acid groups (broad SMARTS) is 1. The van der Waals surface area contributed by atoms with Gasteiger partial charge in [-0.15, -0.1) is 5.10 Å². The molecule has 1 aromatic heterocycles. The Balaban J connectivity index is 1.45. The van der Waals surface area contributed by atoms with Crippen LogP contribution in [-0.2, 0) is 4.79 Å². The van der Waals surface area contributed by atoms with Crippen molar-refractivity contribution in [1.29, 1.82) is 0 Å². The second-order valence-electron chi connectivity index (χ2n) is 8.63. The predicted molar refractivity (Wildman–Crippen MR) is 133 cm³/mol. The number of hydrogen-bond acceptors (Lipinski definition) is 4. The first-order valence-corrected chi connectivity index (χ1v) is 11.7. The summed E-state index contributed by atoms with van der Waals surface area (Å²) in [5, 5.41) is 18.6. The maximum atomic E-state index is 13.6. The Bertz CT molecular complexity index is 1380. The van der Waals surface area contributed by atoms with Crippen molar-refractivity contribution in [1.82, 2.24) is 19.9 Å². The van der Waals surface area contributed by atoms with E-state index in [0.717, 1.165) is 28.1 Å². The number of benzene rings is 3. The third-order valence-electron chi connectivity index (χ3n) is 6.42. The molecule has 1 N–H and O–H groups in total. The number of likely N-dealkylation sites (tertiary alicyclic amines) is 1. The van der Waals surface area contributed by atoms with Crippen LogP contribution < -0.4 is 0 Å². The zero-order valence-electron chi connectivity index (χ0n) is 19.0. The molecule has 0 spiro atoms. The van der Waals surface area contributed by atoms with Gasteiger partial charge in [-0.1, -0.05) is 64.8 Å². The van der Waals surface area contributed by atoms with E-state index in [1.165, 1.54) is 4.90 Å². The van der Waals surface area contributed by atoms with E-state index in [4.69, 9.17) is 11.6 Å². The number of nitrogens with zero attached hydrogens (tertiary/aromatic N) is 4. The molecular weight excluding hydrogens is 464 g/mol. The van der Waals surface area contributed by atoms with Gasteiger partial charge in [-0.3, -0.25) is 4.79 Å². The van der Waals surface area contributed by atoms with Gasteiger partial charge < -0.3 is 10.0 Å². The summed E-state index contributed by atoms with van der Waals surface area (Å²) >= 11 is 6.40. The van der Waals surface area contributed by atoms with Crippen LogP contribution in [-0.4, -0.2) is 42.9 Å². The SMILES string of the molecule is Cc1ccc(-c2cnnn2-c2ccc(C(=O)N3C(c4ccccc4Cl)CC[C@H]3C(=O)O)cc2)cc1. The van der Waals surface area contributed by atoms with E-state index in [0.29, 0.717) is 23.4 Å². The molecule has 1 aliphatic rings. The lowest BCUT2D eigenvalue weighted by molar-refractivity contribution is -0.141. The molecule has 1 amide bonds. The van der Waals surface area contributed by atoms with Gasteiger partial charge in [0.25, 0.3) is 5.91 Å². The fourth-order valence-electron chi connectivity index (χ4n) is 4.63. The van der Waals surface area contributed by atoms with Gasteiger partial charge >= 0.3 is 5.97 Å². The molecule has 4 aromatic rings. The number of amides is 1. The van der Waals surface area contributed by atoms with Crippen molar-refractivity contribution in [3.8, 4) is 16.9 Å². The highest BCUT2D eigenvalue weighted by molar-refractivity contribution is 6.31. The Morgan fingerprint density at radius 3 is 2.37 bits per heavy atom. The lowest BCUT2D eigenvalue weighted by atomic mass is 10.0. The molecule has 1 fully saturated rings. The summed E-state index contributed by atoms with van der Waals surface area (Å²) in [6.45, 7) is 2.03. The standard InChI is InChI=1S/C27H23ClN4O3/c1-17-6-8-18(9-7-17)25-16-29-30-32(25)20-12-10-19(11-13-20)26(33)31-23(14-15-24(31)27(34)35)21-4-2-3-5-22(21)28/h2-13,16,23-24H,14-15H2,1H3,(H,34,35)/t23?,24-/m0/s1. The Hall–Kier alpha value is -3.97. The van der Waals surface area contributed by atoms with Gasteiger partial charge in [0.2, 0.25) is 0 Å². The van der Waals surface area contributed by atoms with E-state index in [1.807, 2.05) is 49.4 Å². The average Bonchev–Trinajstić information content (AvgIpc) is 3.52. The van der Waals surface area contributed by atoms with Crippen molar-refractivity contribution in [2.24, 2.45) is 0 Å². The average molecular weight is 487 g/mol. The molecule has 1 aliphatic heterocycles. The number of carbonyl (C=O) groups excluding carboxylic acids is 1. The van der Waals surface area contributed by atoms with Gasteiger partial charge in [0, 0.05) is 16.1 Å². The van der Waals surface area contributed by atoms with Crippen LogP contribution >= 0.6 is 11.6 Å². The van der Waals surface area contributed by atoms with E-state index in [-0.39, 0.29) is 5.91 Å². The number of carbonyl (C=O) groups is 2. The molecular formula is C27H23ClN4O3. The number of carboxylic acids is 1. The Kier molecular flexibility index (Phi) is 6.09. The minimum absolute atomic E-state index is 0.344. The highest BCUT2D eigenvalue weighted by atomic mass is 35.5. The smallest absolute Gasteiger partial charge is 0.326 e. The zero-order valence-corrected chi connectivity index (χ0v) is 19.8. The Morgan fingerprint density at radius 1 is 0.971 bits per heavy atom. The van der Waals surface area contributed by atoms with Crippen molar-refractivity contribution in [3.05, 3.63) is 101 Å². The van der Waals surface area contributed by atoms with E-state index in [9.17, 15) is 14.7 Å². The predicted octanol–water partition coefficient (Wildman–Crippen LogP) is 5.33. The molecule has 0 radical (unpaired) electrons. The van der Waals surface area contributed by atoms with Gasteiger partial charge in [0.1, 0.15) is 6.04 Å². The molecule has 0 saturated carbocycles. The number of halogens is 1. The summed E-state index contributed by atoms with van der Waals surface area (Å²) in [4.78, 5) is 27.0. The van der Waals surface area contributed by atoms with Crippen molar-refractivity contribution in [2.45, 2.75) is 31.8 Å². The molecule has 3 aromatic carbocycles. The third-order valence-corrected chi connectivity index (χ3v) is 6.77. The summed E-state index contributed by atoms with van der Waals surface area (Å²) in [5.41, 5.74) is 4.86. The molecule has 1 unspecified atom stereocenters. The summed E-state index contributed by atoms with van der Waals surface area (Å²) in [6.07, 6.45) is 2.59.